The zero-order chi connectivity index (χ0) is 16.1. The van der Waals surface area contributed by atoms with Crippen molar-refractivity contribution >= 4 is 23.2 Å². The highest BCUT2D eigenvalue weighted by Crippen LogP contribution is 2.33. The zero-order valence-electron chi connectivity index (χ0n) is 13.7. The van der Waals surface area contributed by atoms with Gasteiger partial charge in [0.1, 0.15) is 5.75 Å². The molecule has 1 unspecified atom stereocenters. The molecule has 1 aromatic rings. The third-order valence-electron chi connectivity index (χ3n) is 4.04. The van der Waals surface area contributed by atoms with Crippen LogP contribution >= 0.6 is 23.2 Å². The molecule has 1 heterocycles. The van der Waals surface area contributed by atoms with E-state index in [0.29, 0.717) is 16.1 Å². The second-order valence-electron chi connectivity index (χ2n) is 6.10. The second kappa shape index (κ2) is 8.39. The van der Waals surface area contributed by atoms with Gasteiger partial charge in [-0.2, -0.15) is 0 Å². The molecule has 1 saturated heterocycles. The molecular formula is C17H26Cl2N2O. The van der Waals surface area contributed by atoms with E-state index in [-0.39, 0.29) is 6.10 Å². The lowest BCUT2D eigenvalue weighted by atomic mass is 10.1. The van der Waals surface area contributed by atoms with Crippen molar-refractivity contribution in [3.8, 4) is 5.75 Å². The number of halogens is 2. The van der Waals surface area contributed by atoms with E-state index >= 15 is 0 Å². The van der Waals surface area contributed by atoms with Gasteiger partial charge in [0, 0.05) is 29.7 Å². The van der Waals surface area contributed by atoms with Crippen LogP contribution in [0.2, 0.25) is 10.0 Å². The summed E-state index contributed by atoms with van der Waals surface area (Å²) in [7, 11) is 0. The second-order valence-corrected chi connectivity index (χ2v) is 6.94. The lowest BCUT2D eigenvalue weighted by Crippen LogP contribution is -2.37. The highest BCUT2D eigenvalue weighted by molar-refractivity contribution is 6.35. The van der Waals surface area contributed by atoms with Crippen molar-refractivity contribution in [3.63, 3.8) is 0 Å². The molecule has 5 heteroatoms. The topological polar surface area (TPSA) is 24.5 Å². The van der Waals surface area contributed by atoms with Crippen LogP contribution in [0.4, 0.5) is 0 Å². The fourth-order valence-electron chi connectivity index (χ4n) is 3.03. The van der Waals surface area contributed by atoms with E-state index < -0.39 is 0 Å². The lowest BCUT2D eigenvalue weighted by molar-refractivity contribution is 0.238. The predicted octanol–water partition coefficient (Wildman–Crippen LogP) is 4.35. The van der Waals surface area contributed by atoms with Gasteiger partial charge in [0.25, 0.3) is 0 Å². The Morgan fingerprint density at radius 2 is 2.14 bits per heavy atom. The van der Waals surface area contributed by atoms with E-state index in [1.807, 2.05) is 19.9 Å². The molecule has 0 radical (unpaired) electrons. The first-order valence-electron chi connectivity index (χ1n) is 8.10. The SMILES string of the molecule is CCN1CCCC1CNCc1cc(Cl)cc(Cl)c1OC(C)C. The van der Waals surface area contributed by atoms with E-state index in [2.05, 4.69) is 17.1 Å². The number of nitrogens with zero attached hydrogens (tertiary/aromatic N) is 1. The average molecular weight is 345 g/mol. The van der Waals surface area contributed by atoms with E-state index in [4.69, 9.17) is 27.9 Å². The fraction of sp³-hybridized carbons (Fsp3) is 0.647. The number of hydrogen-bond donors (Lipinski definition) is 1. The Labute approximate surface area is 143 Å². The van der Waals surface area contributed by atoms with Crippen molar-refractivity contribution in [2.45, 2.75) is 52.3 Å². The van der Waals surface area contributed by atoms with E-state index in [1.54, 1.807) is 6.07 Å². The van der Waals surface area contributed by atoms with Gasteiger partial charge in [-0.15, -0.1) is 0 Å². The number of likely N-dealkylation sites (N-methyl/N-ethyl adjacent to an activating group) is 1. The Bertz CT molecular complexity index is 494. The van der Waals surface area contributed by atoms with Gasteiger partial charge in [-0.3, -0.25) is 4.90 Å². The van der Waals surface area contributed by atoms with Crippen LogP contribution < -0.4 is 10.1 Å². The molecule has 0 spiro atoms. The molecular weight excluding hydrogens is 319 g/mol. The molecule has 0 aromatic heterocycles. The first-order chi connectivity index (χ1) is 10.5. The van der Waals surface area contributed by atoms with E-state index in [0.717, 1.165) is 30.9 Å². The van der Waals surface area contributed by atoms with Crippen LogP contribution in [0.5, 0.6) is 5.75 Å². The maximum atomic E-state index is 6.28. The summed E-state index contributed by atoms with van der Waals surface area (Å²) < 4.78 is 5.85. The predicted molar refractivity (Wildman–Crippen MR) is 94.2 cm³/mol. The van der Waals surface area contributed by atoms with Gasteiger partial charge in [-0.25, -0.2) is 0 Å². The molecule has 1 aromatic carbocycles. The number of likely N-dealkylation sites (tertiary alicyclic amines) is 1. The van der Waals surface area contributed by atoms with Crippen LogP contribution in [0.15, 0.2) is 12.1 Å². The molecule has 1 atom stereocenters. The fourth-order valence-corrected chi connectivity index (χ4v) is 3.61. The number of rotatable bonds is 7. The number of nitrogens with one attached hydrogen (secondary N) is 1. The molecule has 1 N–H and O–H groups in total. The molecule has 3 nitrogen and oxygen atoms in total. The Balaban J connectivity index is 1.99. The molecule has 0 aliphatic carbocycles. The standard InChI is InChI=1S/C17H26Cl2N2O/c1-4-21-7-5-6-15(21)11-20-10-13-8-14(18)9-16(19)17(13)22-12(2)3/h8-9,12,15,20H,4-7,10-11H2,1-3H3. The number of benzene rings is 1. The third-order valence-corrected chi connectivity index (χ3v) is 4.54. The first-order valence-corrected chi connectivity index (χ1v) is 8.86. The van der Waals surface area contributed by atoms with Gasteiger partial charge in [-0.1, -0.05) is 30.1 Å². The smallest absolute Gasteiger partial charge is 0.142 e. The summed E-state index contributed by atoms with van der Waals surface area (Å²) >= 11 is 12.4. The van der Waals surface area contributed by atoms with Crippen molar-refractivity contribution in [1.82, 2.24) is 10.2 Å². The van der Waals surface area contributed by atoms with E-state index in [1.165, 1.54) is 19.4 Å². The lowest BCUT2D eigenvalue weighted by Gasteiger charge is -2.23. The summed E-state index contributed by atoms with van der Waals surface area (Å²) in [6.07, 6.45) is 2.65. The van der Waals surface area contributed by atoms with Crippen LogP contribution in [-0.2, 0) is 6.54 Å². The minimum atomic E-state index is 0.0860. The minimum Gasteiger partial charge on any atom is -0.489 e. The molecule has 0 bridgehead atoms. The molecule has 124 valence electrons. The van der Waals surface area contributed by atoms with Crippen LogP contribution in [0, 0.1) is 0 Å². The van der Waals surface area contributed by atoms with E-state index in [9.17, 15) is 0 Å². The van der Waals surface area contributed by atoms with Gasteiger partial charge < -0.3 is 10.1 Å². The molecule has 22 heavy (non-hydrogen) atoms. The summed E-state index contributed by atoms with van der Waals surface area (Å²) in [5.41, 5.74) is 1.02. The number of ether oxygens (including phenoxy) is 1. The van der Waals surface area contributed by atoms with Crippen LogP contribution in [0.1, 0.15) is 39.2 Å². The minimum absolute atomic E-state index is 0.0860. The van der Waals surface area contributed by atoms with Crippen LogP contribution in [0.3, 0.4) is 0 Å². The molecule has 1 fully saturated rings. The summed E-state index contributed by atoms with van der Waals surface area (Å²) in [6.45, 7) is 10.3. The molecule has 2 rings (SSSR count). The Morgan fingerprint density at radius 3 is 2.82 bits per heavy atom. The molecule has 0 amide bonds. The maximum Gasteiger partial charge on any atom is 0.142 e. The largest absolute Gasteiger partial charge is 0.489 e. The molecule has 0 saturated carbocycles. The van der Waals surface area contributed by atoms with Gasteiger partial charge in [0.15, 0.2) is 0 Å². The third kappa shape index (κ3) is 4.76. The first kappa shape index (κ1) is 17.9. The maximum absolute atomic E-state index is 6.28. The van der Waals surface area contributed by atoms with Crippen molar-refractivity contribution in [3.05, 3.63) is 27.7 Å². The Morgan fingerprint density at radius 1 is 1.36 bits per heavy atom. The van der Waals surface area contributed by atoms with Crippen molar-refractivity contribution in [1.29, 1.82) is 0 Å². The Kier molecular flexibility index (Phi) is 6.82. The molecule has 1 aliphatic heterocycles. The molecule has 1 aliphatic rings. The quantitative estimate of drug-likeness (QED) is 0.795. The van der Waals surface area contributed by atoms with Crippen LogP contribution in [-0.4, -0.2) is 36.7 Å². The van der Waals surface area contributed by atoms with Gasteiger partial charge in [0.2, 0.25) is 0 Å². The highest BCUT2D eigenvalue weighted by Gasteiger charge is 2.22. The summed E-state index contributed by atoms with van der Waals surface area (Å²) in [6, 6.07) is 4.30. The van der Waals surface area contributed by atoms with Gasteiger partial charge >= 0.3 is 0 Å². The summed E-state index contributed by atoms with van der Waals surface area (Å²) in [5.74, 6) is 0.743. The summed E-state index contributed by atoms with van der Waals surface area (Å²) in [4.78, 5) is 2.53. The zero-order valence-corrected chi connectivity index (χ0v) is 15.2. The van der Waals surface area contributed by atoms with Crippen molar-refractivity contribution in [2.75, 3.05) is 19.6 Å². The highest BCUT2D eigenvalue weighted by atomic mass is 35.5. The van der Waals surface area contributed by atoms with Gasteiger partial charge in [-0.05, 0) is 51.9 Å². The van der Waals surface area contributed by atoms with Crippen LogP contribution in [0.25, 0.3) is 0 Å². The Hall–Kier alpha value is -0.480. The monoisotopic (exact) mass is 344 g/mol. The van der Waals surface area contributed by atoms with Crippen molar-refractivity contribution in [2.24, 2.45) is 0 Å². The van der Waals surface area contributed by atoms with Crippen molar-refractivity contribution < 1.29 is 4.74 Å². The average Bonchev–Trinajstić information content (AvgIpc) is 2.89. The normalized spacial score (nSPS) is 19.1. The summed E-state index contributed by atoms with van der Waals surface area (Å²) in [5, 5.41) is 4.76. The van der Waals surface area contributed by atoms with Gasteiger partial charge in [0.05, 0.1) is 11.1 Å². The number of hydrogen-bond acceptors (Lipinski definition) is 3.